The normalized spacial score (nSPS) is 17.8. The summed E-state index contributed by atoms with van der Waals surface area (Å²) in [6, 6.07) is 14.6. The SMILES string of the molecule is Cc1nnc(-c2cc3c(OC[C@@H](O)CN4CCC(c5ccc6c(c5)SCCC6)CC4)cccc3o2)o1. The number of hydrogen-bond acceptors (Lipinski definition) is 8. The fourth-order valence-corrected chi connectivity index (χ4v) is 6.34. The maximum Gasteiger partial charge on any atom is 0.283 e. The van der Waals surface area contributed by atoms with E-state index in [1.54, 1.807) is 6.92 Å². The van der Waals surface area contributed by atoms with Crippen molar-refractivity contribution >= 4 is 22.7 Å². The molecule has 0 spiro atoms. The molecule has 0 unspecified atom stereocenters. The third-order valence-electron chi connectivity index (χ3n) is 7.16. The van der Waals surface area contributed by atoms with Crippen LogP contribution in [0.1, 0.15) is 42.2 Å². The Balaban J connectivity index is 1.03. The zero-order valence-electron chi connectivity index (χ0n) is 20.5. The van der Waals surface area contributed by atoms with Crippen LogP contribution in [0, 0.1) is 6.92 Å². The second-order valence-electron chi connectivity index (χ2n) is 9.76. The van der Waals surface area contributed by atoms with Gasteiger partial charge in [-0.05, 0) is 79.8 Å². The molecule has 7 nitrogen and oxygen atoms in total. The van der Waals surface area contributed by atoms with Crippen molar-refractivity contribution in [2.45, 2.75) is 49.5 Å². The van der Waals surface area contributed by atoms with E-state index in [1.807, 2.05) is 36.0 Å². The van der Waals surface area contributed by atoms with Crippen molar-refractivity contribution in [3.05, 3.63) is 59.5 Å². The summed E-state index contributed by atoms with van der Waals surface area (Å²) in [6.45, 7) is 4.57. The molecule has 1 atom stereocenters. The van der Waals surface area contributed by atoms with Gasteiger partial charge in [0.15, 0.2) is 5.76 Å². The number of rotatable bonds is 7. The number of likely N-dealkylation sites (tertiary alicyclic amines) is 1. The smallest absolute Gasteiger partial charge is 0.283 e. The zero-order valence-corrected chi connectivity index (χ0v) is 21.3. The van der Waals surface area contributed by atoms with Gasteiger partial charge in [0.05, 0.1) is 5.39 Å². The molecule has 1 N–H and O–H groups in total. The Morgan fingerprint density at radius 3 is 2.86 bits per heavy atom. The van der Waals surface area contributed by atoms with Gasteiger partial charge in [-0.3, -0.25) is 0 Å². The number of hydrogen-bond donors (Lipinski definition) is 1. The highest BCUT2D eigenvalue weighted by Crippen LogP contribution is 2.36. The molecule has 0 aliphatic carbocycles. The first-order valence-corrected chi connectivity index (χ1v) is 13.7. The number of thioether (sulfide) groups is 1. The second-order valence-corrected chi connectivity index (χ2v) is 10.9. The average molecular weight is 506 g/mol. The Morgan fingerprint density at radius 1 is 1.14 bits per heavy atom. The van der Waals surface area contributed by atoms with Gasteiger partial charge in [0.2, 0.25) is 5.89 Å². The fraction of sp³-hybridized carbons (Fsp3) is 0.429. The van der Waals surface area contributed by atoms with Gasteiger partial charge >= 0.3 is 0 Å². The summed E-state index contributed by atoms with van der Waals surface area (Å²) in [4.78, 5) is 3.84. The summed E-state index contributed by atoms with van der Waals surface area (Å²) in [7, 11) is 0. The van der Waals surface area contributed by atoms with Gasteiger partial charge in [-0.1, -0.05) is 18.2 Å². The number of nitrogens with zero attached hydrogens (tertiary/aromatic N) is 3. The third kappa shape index (κ3) is 5.03. The highest BCUT2D eigenvalue weighted by molar-refractivity contribution is 7.99. The predicted octanol–water partition coefficient (Wildman–Crippen LogP) is 5.45. The summed E-state index contributed by atoms with van der Waals surface area (Å²) < 4.78 is 17.4. The van der Waals surface area contributed by atoms with E-state index >= 15 is 0 Å². The number of β-amino-alcohol motifs (C(OH)–C–C–N with tert-alkyl or cyclic N) is 1. The zero-order chi connectivity index (χ0) is 24.5. The van der Waals surface area contributed by atoms with E-state index in [2.05, 4.69) is 33.3 Å². The lowest BCUT2D eigenvalue weighted by molar-refractivity contribution is 0.0599. The molecule has 6 rings (SSSR count). The molecule has 0 amide bonds. The summed E-state index contributed by atoms with van der Waals surface area (Å²) in [5.41, 5.74) is 3.67. The highest BCUT2D eigenvalue weighted by Gasteiger charge is 2.24. The number of aliphatic hydroxyl groups is 1. The van der Waals surface area contributed by atoms with E-state index in [4.69, 9.17) is 13.6 Å². The van der Waals surface area contributed by atoms with E-state index in [-0.39, 0.29) is 6.61 Å². The summed E-state index contributed by atoms with van der Waals surface area (Å²) in [6.07, 6.45) is 4.20. The van der Waals surface area contributed by atoms with E-state index in [0.29, 0.717) is 41.3 Å². The number of aliphatic hydroxyl groups excluding tert-OH is 1. The molecule has 8 heteroatoms. The summed E-state index contributed by atoms with van der Waals surface area (Å²) in [5.74, 6) is 3.84. The minimum Gasteiger partial charge on any atom is -0.490 e. The van der Waals surface area contributed by atoms with Crippen molar-refractivity contribution in [1.82, 2.24) is 15.1 Å². The van der Waals surface area contributed by atoms with Gasteiger partial charge in [-0.2, -0.15) is 0 Å². The summed E-state index contributed by atoms with van der Waals surface area (Å²) >= 11 is 2.01. The Kier molecular flexibility index (Phi) is 6.73. The lowest BCUT2D eigenvalue weighted by atomic mass is 9.88. The van der Waals surface area contributed by atoms with Crippen molar-refractivity contribution in [1.29, 1.82) is 0 Å². The Labute approximate surface area is 214 Å². The first-order valence-electron chi connectivity index (χ1n) is 12.7. The standard InChI is InChI=1S/C28H31N3O4S/c1-18-29-30-28(34-18)26-15-23-24(5-2-6-25(23)35-26)33-17-22(32)16-31-11-9-19(10-12-31)21-8-7-20-4-3-13-36-27(20)14-21/h2,5-8,14-15,19,22,32H,3-4,9-13,16-17H2,1H3/t22-/m0/s1. The minimum absolute atomic E-state index is 0.223. The van der Waals surface area contributed by atoms with Gasteiger partial charge in [0, 0.05) is 24.4 Å². The Bertz CT molecular complexity index is 1340. The van der Waals surface area contributed by atoms with Crippen LogP contribution >= 0.6 is 11.8 Å². The largest absolute Gasteiger partial charge is 0.490 e. The molecule has 2 aromatic carbocycles. The first-order chi connectivity index (χ1) is 17.6. The van der Waals surface area contributed by atoms with Crippen LogP contribution in [-0.4, -0.2) is 58.3 Å². The monoisotopic (exact) mass is 505 g/mol. The number of aryl methyl sites for hydroxylation is 2. The topological polar surface area (TPSA) is 84.8 Å². The molecular formula is C28H31N3O4S. The van der Waals surface area contributed by atoms with Gasteiger partial charge < -0.3 is 23.6 Å². The molecule has 0 saturated carbocycles. The lowest BCUT2D eigenvalue weighted by Crippen LogP contribution is -2.40. The van der Waals surface area contributed by atoms with Crippen LogP contribution in [0.4, 0.5) is 0 Å². The summed E-state index contributed by atoms with van der Waals surface area (Å²) in [5, 5.41) is 19.4. The number of ether oxygens (including phenoxy) is 1. The van der Waals surface area contributed by atoms with E-state index < -0.39 is 6.10 Å². The minimum atomic E-state index is -0.568. The van der Waals surface area contributed by atoms with Crippen LogP contribution in [0.25, 0.3) is 22.6 Å². The van der Waals surface area contributed by atoms with Crippen LogP contribution < -0.4 is 4.74 Å². The molecular weight excluding hydrogens is 474 g/mol. The van der Waals surface area contributed by atoms with Crippen molar-refractivity contribution in [2.24, 2.45) is 0 Å². The number of piperidine rings is 1. The van der Waals surface area contributed by atoms with Crippen LogP contribution in [-0.2, 0) is 6.42 Å². The molecule has 2 aliphatic rings. The molecule has 4 aromatic rings. The quantitative estimate of drug-likeness (QED) is 0.355. The molecule has 1 fully saturated rings. The molecule has 0 bridgehead atoms. The molecule has 188 valence electrons. The van der Waals surface area contributed by atoms with Crippen molar-refractivity contribution < 1.29 is 18.7 Å². The van der Waals surface area contributed by atoms with Crippen LogP contribution in [0.2, 0.25) is 0 Å². The Morgan fingerprint density at radius 2 is 2.03 bits per heavy atom. The highest BCUT2D eigenvalue weighted by atomic mass is 32.2. The molecule has 1 saturated heterocycles. The maximum atomic E-state index is 10.7. The molecule has 4 heterocycles. The van der Waals surface area contributed by atoms with Crippen LogP contribution in [0.3, 0.4) is 0 Å². The fourth-order valence-electron chi connectivity index (χ4n) is 5.26. The number of aromatic nitrogens is 2. The van der Waals surface area contributed by atoms with Crippen molar-refractivity contribution in [3.63, 3.8) is 0 Å². The average Bonchev–Trinajstić information content (AvgIpc) is 3.54. The van der Waals surface area contributed by atoms with Gasteiger partial charge in [-0.25, -0.2) is 0 Å². The number of benzene rings is 2. The lowest BCUT2D eigenvalue weighted by Gasteiger charge is -2.33. The molecule has 36 heavy (non-hydrogen) atoms. The van der Waals surface area contributed by atoms with E-state index in [0.717, 1.165) is 31.3 Å². The van der Waals surface area contributed by atoms with Gasteiger partial charge in [-0.15, -0.1) is 22.0 Å². The number of furan rings is 1. The number of fused-ring (bicyclic) bond motifs is 2. The third-order valence-corrected chi connectivity index (χ3v) is 8.34. The second kappa shape index (κ2) is 10.3. The first kappa shape index (κ1) is 23.6. The van der Waals surface area contributed by atoms with E-state index in [1.165, 1.54) is 34.6 Å². The van der Waals surface area contributed by atoms with Gasteiger partial charge in [0.25, 0.3) is 5.89 Å². The molecule has 2 aromatic heterocycles. The van der Waals surface area contributed by atoms with Gasteiger partial charge in [0.1, 0.15) is 24.0 Å². The van der Waals surface area contributed by atoms with E-state index in [9.17, 15) is 5.11 Å². The Hall–Kier alpha value is -2.81. The van der Waals surface area contributed by atoms with Crippen molar-refractivity contribution in [3.8, 4) is 17.4 Å². The van der Waals surface area contributed by atoms with Crippen LogP contribution in [0.15, 0.2) is 56.2 Å². The van der Waals surface area contributed by atoms with Crippen LogP contribution in [0.5, 0.6) is 5.75 Å². The molecule has 2 aliphatic heterocycles. The predicted molar refractivity (Wildman–Crippen MR) is 140 cm³/mol. The molecule has 0 radical (unpaired) electrons. The maximum absolute atomic E-state index is 10.7. The van der Waals surface area contributed by atoms with Crippen molar-refractivity contribution in [2.75, 3.05) is 32.0 Å².